The molecule has 0 radical (unpaired) electrons. The smallest absolute Gasteiger partial charge is 0.300 e. The summed E-state index contributed by atoms with van der Waals surface area (Å²) in [7, 11) is -3.87. The summed E-state index contributed by atoms with van der Waals surface area (Å²) in [6, 6.07) is 20.3. The van der Waals surface area contributed by atoms with Crippen LogP contribution in [0.25, 0.3) is 11.1 Å². The number of aliphatic carboxylic acids is 1. The summed E-state index contributed by atoms with van der Waals surface area (Å²) in [4.78, 5) is 21.9. The number of hydrogen-bond donors (Lipinski definition) is 6. The first-order valence-corrected chi connectivity index (χ1v) is 12.2. The monoisotopic (exact) mass is 511 g/mol. The quantitative estimate of drug-likeness (QED) is 0.207. The van der Waals surface area contributed by atoms with Crippen LogP contribution in [0.3, 0.4) is 0 Å². The van der Waals surface area contributed by atoms with E-state index in [9.17, 15) is 13.2 Å². The van der Waals surface area contributed by atoms with Crippen LogP contribution in [-0.4, -0.2) is 36.8 Å². The predicted molar refractivity (Wildman–Crippen MR) is 140 cm³/mol. The van der Waals surface area contributed by atoms with E-state index in [2.05, 4.69) is 10.6 Å². The standard InChI is InChI=1S/C23H25N5O3S.C2H4O2/c1-23(2,28-18-7-5-6-16(14-18)21(24)25)22(29)27-17-12-10-15(11-13-17)19-8-3-4-9-20(19)32(26,30)31;1-2(3)4/h3-14,28H,1-2H3,(H3,24,25)(H,27,29)(H2,26,30,31);1H3,(H,3,4). The van der Waals surface area contributed by atoms with E-state index in [-0.39, 0.29) is 16.6 Å². The Kier molecular flexibility index (Phi) is 8.93. The van der Waals surface area contributed by atoms with Crippen molar-refractivity contribution in [1.82, 2.24) is 0 Å². The average Bonchev–Trinajstić information content (AvgIpc) is 2.78. The highest BCUT2D eigenvalue weighted by molar-refractivity contribution is 7.89. The maximum Gasteiger partial charge on any atom is 0.300 e. The van der Waals surface area contributed by atoms with Crippen molar-refractivity contribution in [1.29, 1.82) is 5.41 Å². The summed E-state index contributed by atoms with van der Waals surface area (Å²) in [5.74, 6) is -1.16. The van der Waals surface area contributed by atoms with Crippen molar-refractivity contribution in [3.63, 3.8) is 0 Å². The summed E-state index contributed by atoms with van der Waals surface area (Å²) in [5.41, 5.74) is 7.48. The second-order valence-electron chi connectivity index (χ2n) is 8.34. The van der Waals surface area contributed by atoms with E-state index in [4.69, 9.17) is 26.2 Å². The number of primary sulfonamides is 1. The number of nitrogen functional groups attached to an aromatic ring is 1. The molecular formula is C25H29N5O5S. The van der Waals surface area contributed by atoms with Gasteiger partial charge in [-0.15, -0.1) is 0 Å². The molecule has 8 N–H and O–H groups in total. The zero-order valence-electron chi connectivity index (χ0n) is 20.1. The molecule has 0 saturated heterocycles. The van der Waals surface area contributed by atoms with Gasteiger partial charge in [0.15, 0.2) is 0 Å². The third kappa shape index (κ3) is 7.93. The van der Waals surface area contributed by atoms with E-state index in [0.717, 1.165) is 6.92 Å². The zero-order chi connectivity index (χ0) is 27.1. The number of benzene rings is 3. The Balaban J connectivity index is 0.00000106. The fourth-order valence-electron chi connectivity index (χ4n) is 3.16. The Morgan fingerprint density at radius 2 is 1.53 bits per heavy atom. The van der Waals surface area contributed by atoms with Gasteiger partial charge in [-0.05, 0) is 49.7 Å². The summed E-state index contributed by atoms with van der Waals surface area (Å²) in [6.07, 6.45) is 0. The SMILES string of the molecule is CC(=O)O.CC(C)(Nc1cccc(C(=N)N)c1)C(=O)Nc1ccc(-c2ccccc2S(N)(=O)=O)cc1. The number of nitrogens with one attached hydrogen (secondary N) is 3. The summed E-state index contributed by atoms with van der Waals surface area (Å²) < 4.78 is 23.7. The Morgan fingerprint density at radius 3 is 2.08 bits per heavy atom. The third-order valence-electron chi connectivity index (χ3n) is 4.85. The Morgan fingerprint density at radius 1 is 0.944 bits per heavy atom. The highest BCUT2D eigenvalue weighted by Gasteiger charge is 2.27. The molecule has 0 aliphatic heterocycles. The highest BCUT2D eigenvalue weighted by atomic mass is 32.2. The topological polar surface area (TPSA) is 188 Å². The van der Waals surface area contributed by atoms with Crippen molar-refractivity contribution < 1.29 is 23.1 Å². The number of nitrogens with two attached hydrogens (primary N) is 2. The van der Waals surface area contributed by atoms with Gasteiger partial charge in [0.25, 0.3) is 5.97 Å². The Bertz CT molecular complexity index is 1370. The lowest BCUT2D eigenvalue weighted by Crippen LogP contribution is -2.44. The molecule has 0 saturated carbocycles. The van der Waals surface area contributed by atoms with Crippen molar-refractivity contribution in [2.24, 2.45) is 10.9 Å². The average molecular weight is 512 g/mol. The molecule has 10 nitrogen and oxygen atoms in total. The van der Waals surface area contributed by atoms with Crippen LogP contribution in [0.15, 0.2) is 77.7 Å². The van der Waals surface area contributed by atoms with E-state index in [1.807, 2.05) is 0 Å². The van der Waals surface area contributed by atoms with E-state index in [0.29, 0.717) is 28.1 Å². The molecule has 190 valence electrons. The van der Waals surface area contributed by atoms with Gasteiger partial charge in [-0.1, -0.05) is 42.5 Å². The van der Waals surface area contributed by atoms with Gasteiger partial charge in [0, 0.05) is 29.4 Å². The van der Waals surface area contributed by atoms with Gasteiger partial charge in [0.05, 0.1) is 4.90 Å². The molecule has 0 atom stereocenters. The number of amidine groups is 1. The van der Waals surface area contributed by atoms with Crippen LogP contribution < -0.4 is 21.5 Å². The molecule has 36 heavy (non-hydrogen) atoms. The predicted octanol–water partition coefficient (Wildman–Crippen LogP) is 3.21. The first-order chi connectivity index (χ1) is 16.7. The van der Waals surface area contributed by atoms with E-state index in [1.54, 1.807) is 80.6 Å². The van der Waals surface area contributed by atoms with Gasteiger partial charge < -0.3 is 21.5 Å². The zero-order valence-corrected chi connectivity index (χ0v) is 20.9. The molecule has 0 heterocycles. The van der Waals surface area contributed by atoms with Crippen LogP contribution >= 0.6 is 0 Å². The molecule has 0 aromatic heterocycles. The lowest BCUT2D eigenvalue weighted by atomic mass is 10.0. The van der Waals surface area contributed by atoms with E-state index in [1.165, 1.54) is 6.07 Å². The van der Waals surface area contributed by atoms with Gasteiger partial charge in [0.2, 0.25) is 15.9 Å². The fourth-order valence-corrected chi connectivity index (χ4v) is 3.92. The minimum Gasteiger partial charge on any atom is -0.481 e. The van der Waals surface area contributed by atoms with Gasteiger partial charge in [-0.2, -0.15) is 0 Å². The van der Waals surface area contributed by atoms with Crippen LogP contribution in [0.2, 0.25) is 0 Å². The normalized spacial score (nSPS) is 11.0. The molecule has 3 rings (SSSR count). The first kappa shape index (κ1) is 28.0. The minimum atomic E-state index is -3.87. The van der Waals surface area contributed by atoms with Crippen LogP contribution in [0, 0.1) is 5.41 Å². The number of hydrogen-bond acceptors (Lipinski definition) is 6. The van der Waals surface area contributed by atoms with Crippen LogP contribution in [0.4, 0.5) is 11.4 Å². The number of carboxylic acids is 1. The summed E-state index contributed by atoms with van der Waals surface area (Å²) in [5, 5.41) is 26.3. The number of rotatable bonds is 7. The highest BCUT2D eigenvalue weighted by Crippen LogP contribution is 2.28. The Labute approximate surface area is 209 Å². The molecular weight excluding hydrogens is 482 g/mol. The fraction of sp³-hybridized carbons (Fsp3) is 0.160. The lowest BCUT2D eigenvalue weighted by Gasteiger charge is -2.26. The minimum absolute atomic E-state index is 0.0370. The van der Waals surface area contributed by atoms with Crippen LogP contribution in [-0.2, 0) is 19.6 Å². The largest absolute Gasteiger partial charge is 0.481 e. The lowest BCUT2D eigenvalue weighted by molar-refractivity contribution is -0.134. The number of carbonyl (C=O) groups is 2. The number of anilines is 2. The molecule has 0 bridgehead atoms. The molecule has 11 heteroatoms. The number of carboxylic acid groups (broad SMARTS) is 1. The van der Waals surface area contributed by atoms with Gasteiger partial charge in [0.1, 0.15) is 11.4 Å². The molecule has 3 aromatic carbocycles. The molecule has 0 aliphatic carbocycles. The van der Waals surface area contributed by atoms with E-state index >= 15 is 0 Å². The Hall–Kier alpha value is -4.22. The molecule has 1 amide bonds. The van der Waals surface area contributed by atoms with Crippen molar-refractivity contribution in [2.45, 2.75) is 31.2 Å². The first-order valence-electron chi connectivity index (χ1n) is 10.7. The molecule has 0 unspecified atom stereocenters. The van der Waals surface area contributed by atoms with Gasteiger partial charge in [-0.3, -0.25) is 15.0 Å². The third-order valence-corrected chi connectivity index (χ3v) is 5.81. The maximum atomic E-state index is 12.9. The number of amides is 1. The van der Waals surface area contributed by atoms with Crippen LogP contribution in [0.5, 0.6) is 0 Å². The second-order valence-corrected chi connectivity index (χ2v) is 9.87. The molecule has 0 aliphatic rings. The number of carbonyl (C=O) groups excluding carboxylic acids is 1. The van der Waals surface area contributed by atoms with Crippen molar-refractivity contribution in [3.05, 3.63) is 78.4 Å². The van der Waals surface area contributed by atoms with E-state index < -0.39 is 21.5 Å². The van der Waals surface area contributed by atoms with Crippen molar-refractivity contribution in [2.75, 3.05) is 10.6 Å². The number of sulfonamides is 1. The second kappa shape index (κ2) is 11.5. The summed E-state index contributed by atoms with van der Waals surface area (Å²) in [6.45, 7) is 4.55. The molecule has 3 aromatic rings. The van der Waals surface area contributed by atoms with Gasteiger partial charge in [-0.25, -0.2) is 13.6 Å². The molecule has 0 spiro atoms. The van der Waals surface area contributed by atoms with Crippen LogP contribution in [0.1, 0.15) is 26.3 Å². The molecule has 0 fully saturated rings. The summed E-state index contributed by atoms with van der Waals surface area (Å²) >= 11 is 0. The van der Waals surface area contributed by atoms with Crippen molar-refractivity contribution in [3.8, 4) is 11.1 Å². The van der Waals surface area contributed by atoms with Gasteiger partial charge >= 0.3 is 0 Å². The maximum absolute atomic E-state index is 12.9. The van der Waals surface area contributed by atoms with Crippen molar-refractivity contribution >= 4 is 39.1 Å².